The zero-order valence-corrected chi connectivity index (χ0v) is 13.7. The third-order valence-electron chi connectivity index (χ3n) is 2.85. The molecule has 1 N–H and O–H groups in total. The van der Waals surface area contributed by atoms with Gasteiger partial charge in [0, 0.05) is 23.4 Å². The van der Waals surface area contributed by atoms with E-state index in [9.17, 15) is 13.2 Å². The number of sulfonamides is 1. The predicted molar refractivity (Wildman–Crippen MR) is 84.4 cm³/mol. The lowest BCUT2D eigenvalue weighted by Crippen LogP contribution is -2.23. The summed E-state index contributed by atoms with van der Waals surface area (Å²) in [7, 11) is -3.65. The van der Waals surface area contributed by atoms with E-state index in [2.05, 4.69) is 4.72 Å². The molecule has 112 valence electrons. The first kappa shape index (κ1) is 16.2. The van der Waals surface area contributed by atoms with Crippen LogP contribution in [0.2, 0.25) is 4.34 Å². The highest BCUT2D eigenvalue weighted by atomic mass is 35.5. The monoisotopic (exact) mass is 343 g/mol. The van der Waals surface area contributed by atoms with Crippen LogP contribution in [0.5, 0.6) is 0 Å². The molecule has 1 heterocycles. The minimum Gasteiger partial charge on any atom is -0.294 e. The van der Waals surface area contributed by atoms with Gasteiger partial charge in [0.25, 0.3) is 0 Å². The average molecular weight is 344 g/mol. The molecule has 0 saturated carbocycles. The molecule has 0 fully saturated rings. The third-order valence-corrected chi connectivity index (χ3v) is 5.48. The summed E-state index contributed by atoms with van der Waals surface area (Å²) in [5.41, 5.74) is 0.402. The lowest BCUT2D eigenvalue weighted by molar-refractivity contribution is 0.0988. The van der Waals surface area contributed by atoms with Crippen LogP contribution < -0.4 is 4.72 Å². The van der Waals surface area contributed by atoms with Crippen molar-refractivity contribution in [1.29, 1.82) is 0 Å². The molecule has 21 heavy (non-hydrogen) atoms. The molecule has 0 bridgehead atoms. The minimum atomic E-state index is -3.65. The number of Topliss-reactive ketones (excluding diaryl/α,β-unsaturated/α-hetero) is 1. The van der Waals surface area contributed by atoms with E-state index in [0.717, 1.165) is 4.88 Å². The lowest BCUT2D eigenvalue weighted by Gasteiger charge is -2.07. The van der Waals surface area contributed by atoms with Crippen molar-refractivity contribution >= 4 is 38.7 Å². The van der Waals surface area contributed by atoms with Crippen LogP contribution in [0, 0.1) is 0 Å². The number of carbonyl (C=O) groups is 1. The summed E-state index contributed by atoms with van der Waals surface area (Å²) in [6.07, 6.45) is 0.338. The number of hydrogen-bond acceptors (Lipinski definition) is 4. The smallest absolute Gasteiger partial charge is 0.240 e. The zero-order valence-electron chi connectivity index (χ0n) is 11.3. The second-order valence-electron chi connectivity index (χ2n) is 4.33. The Kier molecular flexibility index (Phi) is 5.16. The quantitative estimate of drug-likeness (QED) is 0.817. The zero-order chi connectivity index (χ0) is 15.5. The summed E-state index contributed by atoms with van der Waals surface area (Å²) < 4.78 is 27.6. The van der Waals surface area contributed by atoms with E-state index < -0.39 is 10.0 Å². The Hall–Kier alpha value is -1.21. The van der Waals surface area contributed by atoms with Crippen molar-refractivity contribution in [2.45, 2.75) is 24.8 Å². The van der Waals surface area contributed by atoms with E-state index in [1.807, 2.05) is 0 Å². The van der Waals surface area contributed by atoms with E-state index in [1.54, 1.807) is 31.2 Å². The molecule has 1 aromatic carbocycles. The minimum absolute atomic E-state index is 0.0860. The number of halogens is 1. The molecule has 0 spiro atoms. The number of ketones is 1. The maximum Gasteiger partial charge on any atom is 0.240 e. The normalized spacial score (nSPS) is 11.5. The highest BCUT2D eigenvalue weighted by molar-refractivity contribution is 7.89. The average Bonchev–Trinajstić information content (AvgIpc) is 2.90. The molecule has 0 saturated heterocycles. The molecule has 2 aromatic rings. The highest BCUT2D eigenvalue weighted by Crippen LogP contribution is 2.22. The molecule has 0 aliphatic carbocycles. The molecule has 0 aliphatic rings. The third kappa shape index (κ3) is 4.14. The first-order chi connectivity index (χ1) is 9.92. The van der Waals surface area contributed by atoms with Crippen LogP contribution in [0.4, 0.5) is 0 Å². The summed E-state index contributed by atoms with van der Waals surface area (Å²) in [5.74, 6) is -0.0860. The van der Waals surface area contributed by atoms with Gasteiger partial charge >= 0.3 is 0 Å². The van der Waals surface area contributed by atoms with Crippen LogP contribution >= 0.6 is 22.9 Å². The van der Waals surface area contributed by atoms with E-state index in [0.29, 0.717) is 16.3 Å². The maximum atomic E-state index is 12.2. The molecule has 0 atom stereocenters. The fourth-order valence-electron chi connectivity index (χ4n) is 1.74. The van der Waals surface area contributed by atoms with Crippen LogP contribution in [0.25, 0.3) is 0 Å². The number of benzene rings is 1. The summed E-state index contributed by atoms with van der Waals surface area (Å²) in [5, 5.41) is 0. The fourth-order valence-corrected chi connectivity index (χ4v) is 3.91. The second kappa shape index (κ2) is 6.70. The first-order valence-electron chi connectivity index (χ1n) is 6.29. The van der Waals surface area contributed by atoms with Gasteiger partial charge in [-0.2, -0.15) is 0 Å². The molecular weight excluding hydrogens is 330 g/mol. The molecule has 0 radical (unpaired) electrons. The van der Waals surface area contributed by atoms with Crippen LogP contribution in [-0.4, -0.2) is 14.2 Å². The number of thiophene rings is 1. The molecule has 7 heteroatoms. The topological polar surface area (TPSA) is 63.2 Å². The second-order valence-corrected chi connectivity index (χ2v) is 7.90. The highest BCUT2D eigenvalue weighted by Gasteiger charge is 2.16. The van der Waals surface area contributed by atoms with Crippen molar-refractivity contribution in [2.24, 2.45) is 0 Å². The SMILES string of the molecule is CCC(=O)c1cccc(S(=O)(=O)NCc2ccc(Cl)s2)c1. The van der Waals surface area contributed by atoms with Gasteiger partial charge < -0.3 is 0 Å². The van der Waals surface area contributed by atoms with Gasteiger partial charge in [-0.05, 0) is 24.3 Å². The van der Waals surface area contributed by atoms with Crippen LogP contribution in [-0.2, 0) is 16.6 Å². The Bertz CT molecular complexity index is 753. The molecule has 0 aliphatic heterocycles. The van der Waals surface area contributed by atoms with Gasteiger partial charge in [-0.3, -0.25) is 4.79 Å². The Labute approximate surface area is 132 Å². The van der Waals surface area contributed by atoms with Crippen molar-refractivity contribution in [2.75, 3.05) is 0 Å². The maximum absolute atomic E-state index is 12.2. The Morgan fingerprint density at radius 3 is 2.67 bits per heavy atom. The van der Waals surface area contributed by atoms with E-state index >= 15 is 0 Å². The van der Waals surface area contributed by atoms with Crippen LogP contribution in [0.3, 0.4) is 0 Å². The molecule has 2 rings (SSSR count). The van der Waals surface area contributed by atoms with Gasteiger partial charge in [-0.25, -0.2) is 13.1 Å². The number of nitrogens with one attached hydrogen (secondary N) is 1. The Balaban J connectivity index is 2.17. The molecule has 1 aromatic heterocycles. The summed E-state index contributed by atoms with van der Waals surface area (Å²) in [4.78, 5) is 12.6. The Morgan fingerprint density at radius 1 is 1.29 bits per heavy atom. The van der Waals surface area contributed by atoms with Crippen LogP contribution in [0.1, 0.15) is 28.6 Å². The van der Waals surface area contributed by atoms with Gasteiger partial charge in [-0.15, -0.1) is 11.3 Å². The number of hydrogen-bond donors (Lipinski definition) is 1. The predicted octanol–water partition coefficient (Wildman–Crippen LogP) is 3.47. The first-order valence-corrected chi connectivity index (χ1v) is 8.97. The van der Waals surface area contributed by atoms with Crippen molar-refractivity contribution in [3.05, 3.63) is 51.2 Å². The largest absolute Gasteiger partial charge is 0.294 e. The van der Waals surface area contributed by atoms with E-state index in [1.165, 1.54) is 23.5 Å². The molecule has 0 amide bonds. The van der Waals surface area contributed by atoms with Crippen molar-refractivity contribution in [3.63, 3.8) is 0 Å². The summed E-state index contributed by atoms with van der Waals surface area (Å²) in [6.45, 7) is 1.91. The van der Waals surface area contributed by atoms with Gasteiger partial charge in [0.2, 0.25) is 10.0 Å². The van der Waals surface area contributed by atoms with Crippen molar-refractivity contribution < 1.29 is 13.2 Å². The number of rotatable bonds is 6. The molecule has 0 unspecified atom stereocenters. The number of carbonyl (C=O) groups excluding carboxylic acids is 1. The molecule has 4 nitrogen and oxygen atoms in total. The Morgan fingerprint density at radius 2 is 2.05 bits per heavy atom. The van der Waals surface area contributed by atoms with Gasteiger partial charge in [-0.1, -0.05) is 30.7 Å². The lowest BCUT2D eigenvalue weighted by atomic mass is 10.1. The van der Waals surface area contributed by atoms with Gasteiger partial charge in [0.1, 0.15) is 0 Å². The van der Waals surface area contributed by atoms with Crippen LogP contribution in [0.15, 0.2) is 41.3 Å². The van der Waals surface area contributed by atoms with Crippen molar-refractivity contribution in [3.8, 4) is 0 Å². The van der Waals surface area contributed by atoms with Crippen molar-refractivity contribution in [1.82, 2.24) is 4.72 Å². The van der Waals surface area contributed by atoms with E-state index in [-0.39, 0.29) is 17.2 Å². The van der Waals surface area contributed by atoms with E-state index in [4.69, 9.17) is 11.6 Å². The summed E-state index contributed by atoms with van der Waals surface area (Å²) in [6, 6.07) is 9.54. The standard InChI is InChI=1S/C14H14ClNO3S2/c1-2-13(17)10-4-3-5-12(8-10)21(18,19)16-9-11-6-7-14(15)20-11/h3-8,16H,2,9H2,1H3. The van der Waals surface area contributed by atoms with Gasteiger partial charge in [0.05, 0.1) is 9.23 Å². The fraction of sp³-hybridized carbons (Fsp3) is 0.214. The summed E-state index contributed by atoms with van der Waals surface area (Å²) >= 11 is 7.12. The molecular formula is C14H14ClNO3S2. The van der Waals surface area contributed by atoms with Gasteiger partial charge in [0.15, 0.2) is 5.78 Å².